The molecule has 0 aliphatic carbocycles. The van der Waals surface area contributed by atoms with E-state index < -0.39 is 0 Å². The second-order valence-corrected chi connectivity index (χ2v) is 3.42. The van der Waals surface area contributed by atoms with Gasteiger partial charge in [-0.3, -0.25) is 9.78 Å². The van der Waals surface area contributed by atoms with Crippen molar-refractivity contribution in [2.45, 2.75) is 12.5 Å². The molecule has 0 spiro atoms. The maximum absolute atomic E-state index is 11.0. The SMILES string of the molecule is O=C1C=COC(c2cncs2)C1. The first-order valence-electron chi connectivity index (χ1n) is 3.59. The molecule has 0 radical (unpaired) electrons. The van der Waals surface area contributed by atoms with Crippen LogP contribution in [0, 0.1) is 0 Å². The van der Waals surface area contributed by atoms with Crippen LogP contribution in [0.3, 0.4) is 0 Å². The average molecular weight is 181 g/mol. The van der Waals surface area contributed by atoms with Gasteiger partial charge in [-0.05, 0) is 0 Å². The molecule has 0 bridgehead atoms. The van der Waals surface area contributed by atoms with Gasteiger partial charge in [0.05, 0.1) is 23.1 Å². The molecule has 12 heavy (non-hydrogen) atoms. The van der Waals surface area contributed by atoms with Gasteiger partial charge in [0.25, 0.3) is 0 Å². The van der Waals surface area contributed by atoms with E-state index in [1.54, 1.807) is 11.7 Å². The number of ether oxygens (including phenoxy) is 1. The summed E-state index contributed by atoms with van der Waals surface area (Å²) in [4.78, 5) is 15.9. The zero-order valence-corrected chi connectivity index (χ0v) is 7.08. The van der Waals surface area contributed by atoms with Gasteiger partial charge in [0.15, 0.2) is 5.78 Å². The molecule has 0 saturated carbocycles. The topological polar surface area (TPSA) is 39.2 Å². The number of carbonyl (C=O) groups is 1. The smallest absolute Gasteiger partial charge is 0.162 e. The van der Waals surface area contributed by atoms with Crippen LogP contribution in [0.25, 0.3) is 0 Å². The summed E-state index contributed by atoms with van der Waals surface area (Å²) in [6, 6.07) is 0. The lowest BCUT2D eigenvalue weighted by Gasteiger charge is -2.16. The van der Waals surface area contributed by atoms with E-state index in [1.807, 2.05) is 0 Å². The second kappa shape index (κ2) is 3.06. The molecule has 0 fully saturated rings. The molecule has 1 aliphatic heterocycles. The van der Waals surface area contributed by atoms with E-state index in [2.05, 4.69) is 4.98 Å². The zero-order chi connectivity index (χ0) is 8.39. The van der Waals surface area contributed by atoms with Crippen LogP contribution in [0.15, 0.2) is 24.0 Å². The predicted octanol–water partition coefficient (Wildman–Crippen LogP) is 1.69. The fraction of sp³-hybridized carbons (Fsp3) is 0.250. The van der Waals surface area contributed by atoms with Gasteiger partial charge in [-0.15, -0.1) is 11.3 Å². The van der Waals surface area contributed by atoms with Crippen molar-refractivity contribution in [3.05, 3.63) is 28.9 Å². The standard InChI is InChI=1S/C8H7NO2S/c10-6-1-2-11-7(3-6)8-4-9-5-12-8/h1-2,4-5,7H,3H2. The predicted molar refractivity (Wildman–Crippen MR) is 44.7 cm³/mol. The van der Waals surface area contributed by atoms with Crippen LogP contribution in [-0.2, 0) is 9.53 Å². The van der Waals surface area contributed by atoms with Crippen molar-refractivity contribution < 1.29 is 9.53 Å². The van der Waals surface area contributed by atoms with Gasteiger partial charge < -0.3 is 4.74 Å². The number of aromatic nitrogens is 1. The van der Waals surface area contributed by atoms with Gasteiger partial charge in [-0.2, -0.15) is 0 Å². The van der Waals surface area contributed by atoms with Crippen LogP contribution in [0.2, 0.25) is 0 Å². The summed E-state index contributed by atoms with van der Waals surface area (Å²) in [6.07, 6.45) is 4.96. The molecule has 1 aliphatic rings. The molecule has 1 aromatic rings. The van der Waals surface area contributed by atoms with E-state index in [4.69, 9.17) is 4.74 Å². The summed E-state index contributed by atoms with van der Waals surface area (Å²) >= 11 is 1.51. The lowest BCUT2D eigenvalue weighted by molar-refractivity contribution is -0.118. The first-order valence-corrected chi connectivity index (χ1v) is 4.47. The van der Waals surface area contributed by atoms with Gasteiger partial charge in [0, 0.05) is 12.3 Å². The molecule has 0 amide bonds. The van der Waals surface area contributed by atoms with Gasteiger partial charge in [0.1, 0.15) is 6.10 Å². The lowest BCUT2D eigenvalue weighted by atomic mass is 10.1. The molecule has 0 N–H and O–H groups in total. The molecule has 4 heteroatoms. The fourth-order valence-electron chi connectivity index (χ4n) is 1.06. The zero-order valence-electron chi connectivity index (χ0n) is 6.27. The Balaban J connectivity index is 2.17. The summed E-state index contributed by atoms with van der Waals surface area (Å²) < 4.78 is 5.26. The monoisotopic (exact) mass is 181 g/mol. The van der Waals surface area contributed by atoms with E-state index in [1.165, 1.54) is 23.7 Å². The molecule has 3 nitrogen and oxygen atoms in total. The summed E-state index contributed by atoms with van der Waals surface area (Å²) in [7, 11) is 0. The lowest BCUT2D eigenvalue weighted by Crippen LogP contribution is -2.09. The van der Waals surface area contributed by atoms with Gasteiger partial charge in [-0.1, -0.05) is 0 Å². The molecule has 62 valence electrons. The maximum atomic E-state index is 11.0. The molecule has 2 rings (SSSR count). The highest BCUT2D eigenvalue weighted by molar-refractivity contribution is 7.09. The number of rotatable bonds is 1. The number of thiazole rings is 1. The van der Waals surface area contributed by atoms with E-state index in [9.17, 15) is 4.79 Å². The first kappa shape index (κ1) is 7.49. The van der Waals surface area contributed by atoms with Crippen molar-refractivity contribution >= 4 is 17.1 Å². The Hall–Kier alpha value is -1.16. The van der Waals surface area contributed by atoms with Crippen LogP contribution in [0.5, 0.6) is 0 Å². The Labute approximate surface area is 73.7 Å². The summed E-state index contributed by atoms with van der Waals surface area (Å²) in [6.45, 7) is 0. The summed E-state index contributed by atoms with van der Waals surface area (Å²) in [5.41, 5.74) is 1.74. The molecule has 1 atom stereocenters. The number of nitrogens with zero attached hydrogens (tertiary/aromatic N) is 1. The maximum Gasteiger partial charge on any atom is 0.162 e. The number of ketones is 1. The number of allylic oxidation sites excluding steroid dienone is 1. The van der Waals surface area contributed by atoms with Gasteiger partial charge in [-0.25, -0.2) is 0 Å². The van der Waals surface area contributed by atoms with Crippen LogP contribution in [0.4, 0.5) is 0 Å². The highest BCUT2D eigenvalue weighted by Crippen LogP contribution is 2.27. The molecule has 0 aromatic carbocycles. The van der Waals surface area contributed by atoms with E-state index in [0.29, 0.717) is 6.42 Å². The van der Waals surface area contributed by atoms with E-state index in [-0.39, 0.29) is 11.9 Å². The third-order valence-electron chi connectivity index (χ3n) is 1.65. The molecule has 0 saturated heterocycles. The molecular weight excluding hydrogens is 174 g/mol. The van der Waals surface area contributed by atoms with Gasteiger partial charge >= 0.3 is 0 Å². The van der Waals surface area contributed by atoms with Crippen LogP contribution in [0.1, 0.15) is 17.4 Å². The highest BCUT2D eigenvalue weighted by Gasteiger charge is 2.19. The fourth-order valence-corrected chi connectivity index (χ4v) is 1.72. The average Bonchev–Trinajstić information content (AvgIpc) is 2.56. The van der Waals surface area contributed by atoms with Crippen LogP contribution >= 0.6 is 11.3 Å². The van der Waals surface area contributed by atoms with Crippen LogP contribution in [-0.4, -0.2) is 10.8 Å². The van der Waals surface area contributed by atoms with Crippen molar-refractivity contribution in [3.63, 3.8) is 0 Å². The highest BCUT2D eigenvalue weighted by atomic mass is 32.1. The Morgan fingerprint density at radius 3 is 3.25 bits per heavy atom. The minimum Gasteiger partial charge on any atom is -0.492 e. The van der Waals surface area contributed by atoms with Gasteiger partial charge in [0.2, 0.25) is 0 Å². The molecule has 1 unspecified atom stereocenters. The van der Waals surface area contributed by atoms with E-state index >= 15 is 0 Å². The van der Waals surface area contributed by atoms with Crippen molar-refractivity contribution in [3.8, 4) is 0 Å². The summed E-state index contributed by atoms with van der Waals surface area (Å²) in [5.74, 6) is 0.111. The first-order chi connectivity index (χ1) is 5.86. The third kappa shape index (κ3) is 1.38. The molecule has 2 heterocycles. The number of carbonyl (C=O) groups excluding carboxylic acids is 1. The Morgan fingerprint density at radius 2 is 2.58 bits per heavy atom. The minimum atomic E-state index is -0.116. The Morgan fingerprint density at radius 1 is 1.67 bits per heavy atom. The Kier molecular flexibility index (Phi) is 1.91. The number of hydrogen-bond acceptors (Lipinski definition) is 4. The Bertz CT molecular complexity index is 305. The third-order valence-corrected chi connectivity index (χ3v) is 2.52. The normalized spacial score (nSPS) is 22.3. The molecular formula is C8H7NO2S. The second-order valence-electron chi connectivity index (χ2n) is 2.50. The van der Waals surface area contributed by atoms with Crippen molar-refractivity contribution in [1.82, 2.24) is 4.98 Å². The largest absolute Gasteiger partial charge is 0.492 e. The summed E-state index contributed by atoms with van der Waals surface area (Å²) in [5, 5.41) is 0. The van der Waals surface area contributed by atoms with E-state index in [0.717, 1.165) is 4.88 Å². The van der Waals surface area contributed by atoms with Crippen molar-refractivity contribution in [2.75, 3.05) is 0 Å². The van der Waals surface area contributed by atoms with Crippen molar-refractivity contribution in [2.24, 2.45) is 0 Å². The quantitative estimate of drug-likeness (QED) is 0.661. The number of hydrogen-bond donors (Lipinski definition) is 0. The van der Waals surface area contributed by atoms with Crippen LogP contribution < -0.4 is 0 Å². The van der Waals surface area contributed by atoms with Crippen molar-refractivity contribution in [1.29, 1.82) is 0 Å². The minimum absolute atomic E-state index is 0.111. The molecule has 1 aromatic heterocycles.